The fourth-order valence-electron chi connectivity index (χ4n) is 1.38. The Morgan fingerprint density at radius 1 is 1.13 bits per heavy atom. The molecule has 1 rings (SSSR count). The lowest BCUT2D eigenvalue weighted by molar-refractivity contribution is -0.111. The quantitative estimate of drug-likeness (QED) is 0.515. The van der Waals surface area contributed by atoms with Crippen LogP contribution >= 0.6 is 11.6 Å². The number of carbonyl (C=O) groups excluding carboxylic acids is 1. The van der Waals surface area contributed by atoms with E-state index in [4.69, 9.17) is 16.3 Å². The van der Waals surface area contributed by atoms with Crippen LogP contribution in [0.5, 0.6) is 0 Å². The van der Waals surface area contributed by atoms with Gasteiger partial charge in [-0.25, -0.2) is 0 Å². The number of carbonyl (C=O) groups is 1. The highest BCUT2D eigenvalue weighted by molar-refractivity contribution is 6.63. The van der Waals surface area contributed by atoms with Gasteiger partial charge < -0.3 is 4.74 Å². The summed E-state index contributed by atoms with van der Waals surface area (Å²) in [5.41, 5.74) is 0. The molecule has 3 heteroatoms. The third-order valence-corrected chi connectivity index (χ3v) is 2.49. The summed E-state index contributed by atoms with van der Waals surface area (Å²) in [6, 6.07) is 0. The summed E-state index contributed by atoms with van der Waals surface area (Å²) in [6.07, 6.45) is 8.96. The molecule has 1 aliphatic rings. The van der Waals surface area contributed by atoms with Crippen LogP contribution in [0.25, 0.3) is 0 Å². The van der Waals surface area contributed by atoms with Crippen LogP contribution in [0.3, 0.4) is 0 Å². The number of ether oxygens (including phenoxy) is 1. The number of hydrogen-bond donors (Lipinski definition) is 0. The van der Waals surface area contributed by atoms with Crippen LogP contribution in [0.15, 0.2) is 0 Å². The average molecular weight is 235 g/mol. The van der Waals surface area contributed by atoms with E-state index < -0.39 is 0 Å². The molecule has 0 N–H and O–H groups in total. The lowest BCUT2D eigenvalue weighted by Crippen LogP contribution is -1.85. The predicted molar refractivity (Wildman–Crippen MR) is 64.3 cm³/mol. The van der Waals surface area contributed by atoms with Crippen molar-refractivity contribution >= 4 is 16.8 Å². The van der Waals surface area contributed by atoms with Gasteiger partial charge in [-0.15, -0.1) is 0 Å². The molecule has 0 aromatic rings. The predicted octanol–water partition coefficient (Wildman–Crippen LogP) is 3.91. The monoisotopic (exact) mass is 234 g/mol. The van der Waals surface area contributed by atoms with Crippen molar-refractivity contribution in [1.29, 1.82) is 0 Å². The molecule has 1 aliphatic heterocycles. The van der Waals surface area contributed by atoms with Gasteiger partial charge in [0.05, 0.1) is 0 Å². The smallest absolute Gasteiger partial charge is 0.221 e. The summed E-state index contributed by atoms with van der Waals surface area (Å²) in [4.78, 5) is 10.2. The van der Waals surface area contributed by atoms with Gasteiger partial charge in [0, 0.05) is 19.6 Å². The molecule has 0 atom stereocenters. The molecule has 0 spiro atoms. The van der Waals surface area contributed by atoms with Gasteiger partial charge >= 0.3 is 0 Å². The van der Waals surface area contributed by atoms with E-state index >= 15 is 0 Å². The fourth-order valence-corrected chi connectivity index (χ4v) is 1.51. The second kappa shape index (κ2) is 12.0. The van der Waals surface area contributed by atoms with E-state index in [1.165, 1.54) is 32.1 Å². The number of rotatable bonds is 6. The normalized spacial score (nSPS) is 14.5. The van der Waals surface area contributed by atoms with Gasteiger partial charge in [-0.1, -0.05) is 32.6 Å². The summed E-state index contributed by atoms with van der Waals surface area (Å²) in [5, 5.41) is -0.198. The van der Waals surface area contributed by atoms with Gasteiger partial charge in [0.15, 0.2) is 0 Å². The zero-order valence-corrected chi connectivity index (χ0v) is 10.5. The Balaban J connectivity index is 0.000000322. The van der Waals surface area contributed by atoms with E-state index in [1.807, 2.05) is 0 Å². The highest BCUT2D eigenvalue weighted by atomic mass is 35.5. The Morgan fingerprint density at radius 3 is 2.13 bits per heavy atom. The van der Waals surface area contributed by atoms with Crippen LogP contribution < -0.4 is 0 Å². The Hall–Kier alpha value is -0.0800. The molecule has 1 saturated heterocycles. The van der Waals surface area contributed by atoms with Crippen molar-refractivity contribution in [2.75, 3.05) is 13.2 Å². The largest absolute Gasteiger partial charge is 0.381 e. The molecular weight excluding hydrogens is 212 g/mol. The zero-order valence-electron chi connectivity index (χ0n) is 9.77. The lowest BCUT2D eigenvalue weighted by atomic mass is 10.1. The molecule has 0 saturated carbocycles. The first-order valence-electron chi connectivity index (χ1n) is 6.03. The van der Waals surface area contributed by atoms with E-state index in [-0.39, 0.29) is 5.24 Å². The molecule has 1 fully saturated rings. The molecule has 0 amide bonds. The van der Waals surface area contributed by atoms with Crippen LogP contribution in [0.1, 0.15) is 58.3 Å². The molecule has 0 unspecified atom stereocenters. The average Bonchev–Trinajstić information content (AvgIpc) is 2.75. The standard InChI is InChI=1S/C8H15ClO.C4H8O/c1-2-3-4-5-6-7-8(9)10;1-2-4-5-3-1/h2-7H2,1H3;1-4H2. The van der Waals surface area contributed by atoms with Crippen molar-refractivity contribution in [2.45, 2.75) is 58.3 Å². The molecule has 0 aliphatic carbocycles. The van der Waals surface area contributed by atoms with E-state index in [2.05, 4.69) is 6.92 Å². The van der Waals surface area contributed by atoms with E-state index in [0.29, 0.717) is 6.42 Å². The summed E-state index contributed by atoms with van der Waals surface area (Å²) in [7, 11) is 0. The van der Waals surface area contributed by atoms with Gasteiger partial charge in [0.25, 0.3) is 0 Å². The van der Waals surface area contributed by atoms with Crippen molar-refractivity contribution in [2.24, 2.45) is 0 Å². The summed E-state index contributed by atoms with van der Waals surface area (Å²) >= 11 is 5.15. The maximum atomic E-state index is 10.2. The van der Waals surface area contributed by atoms with Gasteiger partial charge in [0.1, 0.15) is 0 Å². The second-order valence-electron chi connectivity index (χ2n) is 3.84. The molecule has 2 nitrogen and oxygen atoms in total. The lowest BCUT2D eigenvalue weighted by Gasteiger charge is -1.95. The molecule has 0 radical (unpaired) electrons. The van der Waals surface area contributed by atoms with Crippen molar-refractivity contribution in [3.8, 4) is 0 Å². The van der Waals surface area contributed by atoms with Crippen LogP contribution in [-0.2, 0) is 9.53 Å². The van der Waals surface area contributed by atoms with Crippen LogP contribution in [0.2, 0.25) is 0 Å². The minimum atomic E-state index is -0.198. The zero-order chi connectivity index (χ0) is 11.4. The Morgan fingerprint density at radius 2 is 1.73 bits per heavy atom. The van der Waals surface area contributed by atoms with E-state index in [9.17, 15) is 4.79 Å². The Labute approximate surface area is 98.3 Å². The molecule has 90 valence electrons. The van der Waals surface area contributed by atoms with Crippen LogP contribution in [-0.4, -0.2) is 18.5 Å². The van der Waals surface area contributed by atoms with Crippen molar-refractivity contribution in [1.82, 2.24) is 0 Å². The first-order chi connectivity index (χ1) is 7.27. The number of unbranched alkanes of at least 4 members (excludes halogenated alkanes) is 4. The molecule has 0 bridgehead atoms. The maximum absolute atomic E-state index is 10.2. The third kappa shape index (κ3) is 13.9. The van der Waals surface area contributed by atoms with Gasteiger partial charge in [-0.2, -0.15) is 0 Å². The van der Waals surface area contributed by atoms with Crippen molar-refractivity contribution in [3.05, 3.63) is 0 Å². The van der Waals surface area contributed by atoms with Gasteiger partial charge in [0.2, 0.25) is 5.24 Å². The third-order valence-electron chi connectivity index (χ3n) is 2.30. The fraction of sp³-hybridized carbons (Fsp3) is 0.917. The van der Waals surface area contributed by atoms with Gasteiger partial charge in [-0.3, -0.25) is 4.79 Å². The second-order valence-corrected chi connectivity index (χ2v) is 4.26. The topological polar surface area (TPSA) is 26.3 Å². The highest BCUT2D eigenvalue weighted by Crippen LogP contribution is 2.05. The highest BCUT2D eigenvalue weighted by Gasteiger charge is 1.95. The summed E-state index contributed by atoms with van der Waals surface area (Å²) in [6.45, 7) is 4.17. The van der Waals surface area contributed by atoms with Crippen molar-refractivity contribution in [3.63, 3.8) is 0 Å². The summed E-state index contributed by atoms with van der Waals surface area (Å²) in [5.74, 6) is 0. The van der Waals surface area contributed by atoms with Crippen molar-refractivity contribution < 1.29 is 9.53 Å². The minimum Gasteiger partial charge on any atom is -0.381 e. The molecular formula is C12H23ClO2. The SMILES string of the molecule is C1CCOC1.CCCCCCCC(=O)Cl. The van der Waals surface area contributed by atoms with Crippen LogP contribution in [0.4, 0.5) is 0 Å². The maximum Gasteiger partial charge on any atom is 0.221 e. The minimum absolute atomic E-state index is 0.198. The first-order valence-corrected chi connectivity index (χ1v) is 6.41. The Bertz CT molecular complexity index is 137. The van der Waals surface area contributed by atoms with Gasteiger partial charge in [-0.05, 0) is 30.9 Å². The Kier molecular flexibility index (Phi) is 11.9. The number of hydrogen-bond acceptors (Lipinski definition) is 2. The molecule has 15 heavy (non-hydrogen) atoms. The number of halogens is 1. The first kappa shape index (κ1) is 14.9. The molecule has 0 aromatic heterocycles. The molecule has 1 heterocycles. The van der Waals surface area contributed by atoms with Crippen LogP contribution in [0, 0.1) is 0 Å². The summed E-state index contributed by atoms with van der Waals surface area (Å²) < 4.78 is 4.94. The molecule has 0 aromatic carbocycles. The van der Waals surface area contributed by atoms with E-state index in [0.717, 1.165) is 26.1 Å². The van der Waals surface area contributed by atoms with E-state index in [1.54, 1.807) is 0 Å².